The van der Waals surface area contributed by atoms with Gasteiger partial charge in [-0.15, -0.1) is 0 Å². The van der Waals surface area contributed by atoms with E-state index in [-0.39, 0.29) is 0 Å². The molecular formula is C13H19NO. The highest BCUT2D eigenvalue weighted by atomic mass is 16.5. The highest BCUT2D eigenvalue weighted by molar-refractivity contribution is 5.33. The Kier molecular flexibility index (Phi) is 3.75. The average Bonchev–Trinajstić information content (AvgIpc) is 2.29. The van der Waals surface area contributed by atoms with E-state index in [4.69, 9.17) is 4.74 Å². The highest BCUT2D eigenvalue weighted by Gasteiger charge is 2.08. The molecule has 0 saturated heterocycles. The summed E-state index contributed by atoms with van der Waals surface area (Å²) < 4.78 is 5.07. The maximum atomic E-state index is 5.07. The van der Waals surface area contributed by atoms with Crippen LogP contribution in [0.3, 0.4) is 0 Å². The second-order valence-electron chi connectivity index (χ2n) is 4.13. The normalized spacial score (nSPS) is 15.0. The molecule has 1 aromatic rings. The van der Waals surface area contributed by atoms with E-state index in [9.17, 15) is 0 Å². The van der Waals surface area contributed by atoms with E-state index in [2.05, 4.69) is 23.5 Å². The van der Waals surface area contributed by atoms with Crippen LogP contribution < -0.4 is 5.32 Å². The molecule has 0 bridgehead atoms. The van der Waals surface area contributed by atoms with Gasteiger partial charge in [0.05, 0.1) is 0 Å². The van der Waals surface area contributed by atoms with E-state index < -0.39 is 0 Å². The number of aryl methyl sites for hydroxylation is 1. The minimum Gasteiger partial charge on any atom is -0.385 e. The van der Waals surface area contributed by atoms with Gasteiger partial charge in [0.2, 0.25) is 0 Å². The second-order valence-corrected chi connectivity index (χ2v) is 4.13. The molecule has 1 N–H and O–H groups in total. The van der Waals surface area contributed by atoms with Crippen molar-refractivity contribution in [2.24, 2.45) is 0 Å². The maximum absolute atomic E-state index is 5.07. The number of methoxy groups -OCH3 is 1. The quantitative estimate of drug-likeness (QED) is 0.758. The van der Waals surface area contributed by atoms with Crippen LogP contribution in [0.2, 0.25) is 0 Å². The topological polar surface area (TPSA) is 21.3 Å². The molecule has 1 aliphatic heterocycles. The summed E-state index contributed by atoms with van der Waals surface area (Å²) in [6.45, 7) is 3.01. The fraction of sp³-hybridized carbons (Fsp3) is 0.538. The van der Waals surface area contributed by atoms with E-state index in [1.165, 1.54) is 23.1 Å². The lowest BCUT2D eigenvalue weighted by Crippen LogP contribution is -2.23. The second kappa shape index (κ2) is 5.29. The summed E-state index contributed by atoms with van der Waals surface area (Å²) in [5.41, 5.74) is 4.45. The Labute approximate surface area is 91.6 Å². The van der Waals surface area contributed by atoms with Crippen LogP contribution in [-0.2, 0) is 24.1 Å². The largest absolute Gasteiger partial charge is 0.385 e. The van der Waals surface area contributed by atoms with Crippen molar-refractivity contribution >= 4 is 0 Å². The molecule has 15 heavy (non-hydrogen) atoms. The first-order valence-electron chi connectivity index (χ1n) is 5.70. The maximum Gasteiger partial charge on any atom is 0.0465 e. The molecule has 1 aliphatic rings. The van der Waals surface area contributed by atoms with Crippen LogP contribution in [0.5, 0.6) is 0 Å². The minimum atomic E-state index is 0.860. The Morgan fingerprint density at radius 2 is 2.27 bits per heavy atom. The monoisotopic (exact) mass is 205 g/mol. The molecule has 82 valence electrons. The summed E-state index contributed by atoms with van der Waals surface area (Å²) in [4.78, 5) is 0. The smallest absolute Gasteiger partial charge is 0.0465 e. The van der Waals surface area contributed by atoms with Gasteiger partial charge in [0, 0.05) is 20.3 Å². The molecule has 0 spiro atoms. The number of hydrogen-bond donors (Lipinski definition) is 1. The van der Waals surface area contributed by atoms with Crippen LogP contribution in [0.25, 0.3) is 0 Å². The third kappa shape index (κ3) is 2.80. The van der Waals surface area contributed by atoms with Gasteiger partial charge in [0.25, 0.3) is 0 Å². The summed E-state index contributed by atoms with van der Waals surface area (Å²) in [7, 11) is 1.76. The van der Waals surface area contributed by atoms with Crippen LogP contribution >= 0.6 is 0 Å². The first kappa shape index (κ1) is 10.7. The van der Waals surface area contributed by atoms with Gasteiger partial charge in [-0.05, 0) is 42.5 Å². The van der Waals surface area contributed by atoms with Gasteiger partial charge < -0.3 is 10.1 Å². The summed E-state index contributed by atoms with van der Waals surface area (Å²) in [6.07, 6.45) is 3.43. The molecular weight excluding hydrogens is 186 g/mol. The lowest BCUT2D eigenvalue weighted by Gasteiger charge is -2.17. The first-order valence-corrected chi connectivity index (χ1v) is 5.70. The number of fused-ring (bicyclic) bond motifs is 1. The van der Waals surface area contributed by atoms with Crippen molar-refractivity contribution in [2.45, 2.75) is 25.8 Å². The van der Waals surface area contributed by atoms with Gasteiger partial charge in [-0.1, -0.05) is 18.2 Å². The van der Waals surface area contributed by atoms with Crippen LogP contribution in [0.15, 0.2) is 18.2 Å². The van der Waals surface area contributed by atoms with Gasteiger partial charge in [-0.2, -0.15) is 0 Å². The van der Waals surface area contributed by atoms with E-state index in [1.807, 2.05) is 0 Å². The molecule has 2 heteroatoms. The zero-order valence-electron chi connectivity index (χ0n) is 9.38. The van der Waals surface area contributed by atoms with Gasteiger partial charge in [-0.25, -0.2) is 0 Å². The number of ether oxygens (including phenoxy) is 1. The van der Waals surface area contributed by atoms with Gasteiger partial charge in [0.1, 0.15) is 0 Å². The third-order valence-corrected chi connectivity index (χ3v) is 2.97. The lowest BCUT2D eigenvalue weighted by atomic mass is 9.97. The summed E-state index contributed by atoms with van der Waals surface area (Å²) in [5, 5.41) is 3.39. The Balaban J connectivity index is 2.00. The third-order valence-electron chi connectivity index (χ3n) is 2.97. The fourth-order valence-electron chi connectivity index (χ4n) is 2.11. The number of benzene rings is 1. The van der Waals surface area contributed by atoms with E-state index >= 15 is 0 Å². The van der Waals surface area contributed by atoms with Crippen molar-refractivity contribution < 1.29 is 4.74 Å². The van der Waals surface area contributed by atoms with Crippen LogP contribution in [0, 0.1) is 0 Å². The van der Waals surface area contributed by atoms with E-state index in [0.29, 0.717) is 0 Å². The van der Waals surface area contributed by atoms with Gasteiger partial charge in [-0.3, -0.25) is 0 Å². The Morgan fingerprint density at radius 1 is 1.33 bits per heavy atom. The van der Waals surface area contributed by atoms with Crippen molar-refractivity contribution in [2.75, 3.05) is 20.3 Å². The molecule has 2 rings (SSSR count). The predicted molar refractivity (Wildman–Crippen MR) is 62.0 cm³/mol. The van der Waals surface area contributed by atoms with Crippen molar-refractivity contribution in [3.8, 4) is 0 Å². The van der Waals surface area contributed by atoms with Gasteiger partial charge in [0.15, 0.2) is 0 Å². The van der Waals surface area contributed by atoms with E-state index in [0.717, 1.165) is 32.5 Å². The zero-order valence-corrected chi connectivity index (χ0v) is 9.38. The molecule has 0 radical (unpaired) electrons. The average molecular weight is 205 g/mol. The minimum absolute atomic E-state index is 0.860. The molecule has 0 aliphatic carbocycles. The van der Waals surface area contributed by atoms with Crippen molar-refractivity contribution in [3.63, 3.8) is 0 Å². The SMILES string of the molecule is COCCCc1ccc2c(c1)CCNC2. The molecule has 0 aromatic heterocycles. The van der Waals surface area contributed by atoms with Crippen molar-refractivity contribution in [1.29, 1.82) is 0 Å². The Hall–Kier alpha value is -0.860. The van der Waals surface area contributed by atoms with Crippen molar-refractivity contribution in [3.05, 3.63) is 34.9 Å². The van der Waals surface area contributed by atoms with Crippen LogP contribution in [0.4, 0.5) is 0 Å². The first-order chi connectivity index (χ1) is 7.40. The fourth-order valence-corrected chi connectivity index (χ4v) is 2.11. The predicted octanol–water partition coefficient (Wildman–Crippen LogP) is 1.91. The highest BCUT2D eigenvalue weighted by Crippen LogP contribution is 2.16. The summed E-state index contributed by atoms with van der Waals surface area (Å²) >= 11 is 0. The molecule has 1 aromatic carbocycles. The van der Waals surface area contributed by atoms with Crippen molar-refractivity contribution in [1.82, 2.24) is 5.32 Å². The Morgan fingerprint density at radius 3 is 3.13 bits per heavy atom. The molecule has 0 fully saturated rings. The number of nitrogens with one attached hydrogen (secondary N) is 1. The van der Waals surface area contributed by atoms with Crippen LogP contribution in [0.1, 0.15) is 23.1 Å². The molecule has 2 nitrogen and oxygen atoms in total. The molecule has 0 amide bonds. The lowest BCUT2D eigenvalue weighted by molar-refractivity contribution is 0.195. The number of rotatable bonds is 4. The molecule has 0 unspecified atom stereocenters. The summed E-state index contributed by atoms with van der Waals surface area (Å²) in [5.74, 6) is 0. The summed E-state index contributed by atoms with van der Waals surface area (Å²) in [6, 6.07) is 6.89. The van der Waals surface area contributed by atoms with Crippen LogP contribution in [-0.4, -0.2) is 20.3 Å². The number of hydrogen-bond acceptors (Lipinski definition) is 2. The van der Waals surface area contributed by atoms with E-state index in [1.54, 1.807) is 7.11 Å². The standard InChI is InChI=1S/C13H19NO/c1-15-8-2-3-11-4-5-13-10-14-7-6-12(13)9-11/h4-5,9,14H,2-3,6-8,10H2,1H3. The van der Waals surface area contributed by atoms with Gasteiger partial charge >= 0.3 is 0 Å². The molecule has 0 saturated carbocycles. The molecule has 0 atom stereocenters. The molecule has 1 heterocycles. The zero-order chi connectivity index (χ0) is 10.5. The Bertz CT molecular complexity index is 322.